The zero-order chi connectivity index (χ0) is 13.2. The average molecular weight is 264 g/mol. The first-order valence-corrected chi connectivity index (χ1v) is 6.84. The highest BCUT2D eigenvalue weighted by Crippen LogP contribution is 2.49. The summed E-state index contributed by atoms with van der Waals surface area (Å²) < 4.78 is 4.07. The summed E-state index contributed by atoms with van der Waals surface area (Å²) in [6.45, 7) is 2.02. The first-order valence-electron chi connectivity index (χ1n) is 6.02. The molecule has 0 saturated carbocycles. The molecule has 0 radical (unpaired) electrons. The Morgan fingerprint density at radius 3 is 2.72 bits per heavy atom. The summed E-state index contributed by atoms with van der Waals surface area (Å²) in [6.07, 6.45) is 1.71. The maximum absolute atomic E-state index is 12.5. The standard InChI is InChI=1S/C14H16O3S/c1-3-8-14(9-12(15)17-2)13(16)10-6-4-5-7-11(10)18-14/h4-7H,3,8-9H2,1-2H3/t14-/m1/s1. The van der Waals surface area contributed by atoms with E-state index >= 15 is 0 Å². The van der Waals surface area contributed by atoms with Crippen molar-refractivity contribution < 1.29 is 14.3 Å². The van der Waals surface area contributed by atoms with Gasteiger partial charge < -0.3 is 4.74 Å². The van der Waals surface area contributed by atoms with Crippen LogP contribution in [0, 0.1) is 0 Å². The topological polar surface area (TPSA) is 43.4 Å². The summed E-state index contributed by atoms with van der Waals surface area (Å²) in [5.41, 5.74) is 0.736. The largest absolute Gasteiger partial charge is 0.469 e. The smallest absolute Gasteiger partial charge is 0.307 e. The Morgan fingerprint density at radius 1 is 1.39 bits per heavy atom. The van der Waals surface area contributed by atoms with Crippen LogP contribution < -0.4 is 0 Å². The van der Waals surface area contributed by atoms with E-state index in [9.17, 15) is 9.59 Å². The van der Waals surface area contributed by atoms with Crippen LogP contribution in [0.15, 0.2) is 29.2 Å². The van der Waals surface area contributed by atoms with E-state index in [2.05, 4.69) is 0 Å². The molecule has 0 fully saturated rings. The Morgan fingerprint density at radius 2 is 2.11 bits per heavy atom. The lowest BCUT2D eigenvalue weighted by atomic mass is 9.90. The minimum Gasteiger partial charge on any atom is -0.469 e. The van der Waals surface area contributed by atoms with Crippen LogP contribution in [0.1, 0.15) is 36.5 Å². The van der Waals surface area contributed by atoms with Gasteiger partial charge in [-0.15, -0.1) is 11.8 Å². The molecule has 1 aliphatic heterocycles. The molecule has 4 heteroatoms. The number of carbonyl (C=O) groups is 2. The summed E-state index contributed by atoms with van der Waals surface area (Å²) >= 11 is 1.51. The molecule has 0 amide bonds. The quantitative estimate of drug-likeness (QED) is 0.784. The molecule has 0 N–H and O–H groups in total. The monoisotopic (exact) mass is 264 g/mol. The van der Waals surface area contributed by atoms with E-state index in [1.165, 1.54) is 18.9 Å². The van der Waals surface area contributed by atoms with Crippen molar-refractivity contribution in [1.29, 1.82) is 0 Å². The van der Waals surface area contributed by atoms with Gasteiger partial charge in [0.25, 0.3) is 0 Å². The van der Waals surface area contributed by atoms with Gasteiger partial charge in [-0.2, -0.15) is 0 Å². The SMILES string of the molecule is CCC[C@]1(CC(=O)OC)Sc2ccccc2C1=O. The van der Waals surface area contributed by atoms with Crippen molar-refractivity contribution in [3.05, 3.63) is 29.8 Å². The van der Waals surface area contributed by atoms with Gasteiger partial charge in [0.1, 0.15) is 0 Å². The highest BCUT2D eigenvalue weighted by molar-refractivity contribution is 8.02. The third kappa shape index (κ3) is 2.17. The summed E-state index contributed by atoms with van der Waals surface area (Å²) in [7, 11) is 1.36. The number of esters is 1. The zero-order valence-electron chi connectivity index (χ0n) is 10.6. The fraction of sp³-hybridized carbons (Fsp3) is 0.429. The van der Waals surface area contributed by atoms with E-state index in [4.69, 9.17) is 4.74 Å². The maximum atomic E-state index is 12.5. The summed E-state index contributed by atoms with van der Waals surface area (Å²) in [5.74, 6) is -0.257. The van der Waals surface area contributed by atoms with Gasteiger partial charge in [0, 0.05) is 10.5 Å². The number of hydrogen-bond acceptors (Lipinski definition) is 4. The lowest BCUT2D eigenvalue weighted by Crippen LogP contribution is -2.34. The normalized spacial score (nSPS) is 21.8. The summed E-state index contributed by atoms with van der Waals surface area (Å²) in [4.78, 5) is 25.1. The van der Waals surface area contributed by atoms with Gasteiger partial charge in [-0.05, 0) is 12.5 Å². The number of carbonyl (C=O) groups excluding carboxylic acids is 2. The molecule has 0 aliphatic carbocycles. The van der Waals surface area contributed by atoms with Crippen molar-refractivity contribution in [2.24, 2.45) is 0 Å². The second-order valence-electron chi connectivity index (χ2n) is 4.42. The van der Waals surface area contributed by atoms with E-state index in [0.717, 1.165) is 16.9 Å². The number of ketones is 1. The van der Waals surface area contributed by atoms with Crippen LogP contribution in [0.25, 0.3) is 0 Å². The Bertz CT molecular complexity index is 484. The summed E-state index contributed by atoms with van der Waals surface area (Å²) in [6, 6.07) is 7.54. The number of Topliss-reactive ketones (excluding diaryl/α,β-unsaturated/α-hetero) is 1. The van der Waals surface area contributed by atoms with Crippen molar-refractivity contribution in [3.63, 3.8) is 0 Å². The van der Waals surface area contributed by atoms with Crippen LogP contribution in [-0.2, 0) is 9.53 Å². The number of benzene rings is 1. The predicted octanol–water partition coefficient (Wildman–Crippen LogP) is 3.08. The Hall–Kier alpha value is -1.29. The first-order chi connectivity index (χ1) is 8.63. The fourth-order valence-electron chi connectivity index (χ4n) is 2.32. The lowest BCUT2D eigenvalue weighted by molar-refractivity contribution is -0.141. The molecule has 1 aliphatic rings. The molecule has 1 aromatic carbocycles. The molecule has 0 spiro atoms. The third-order valence-corrected chi connectivity index (χ3v) is 4.66. The van der Waals surface area contributed by atoms with Crippen molar-refractivity contribution in [3.8, 4) is 0 Å². The first kappa shape index (κ1) is 13.1. The minimum absolute atomic E-state index is 0.0651. The predicted molar refractivity (Wildman–Crippen MR) is 70.9 cm³/mol. The second kappa shape index (κ2) is 5.14. The van der Waals surface area contributed by atoms with E-state index in [1.807, 2.05) is 31.2 Å². The van der Waals surface area contributed by atoms with Gasteiger partial charge in [-0.25, -0.2) is 0 Å². The minimum atomic E-state index is -0.661. The molecule has 0 unspecified atom stereocenters. The molecule has 2 rings (SSSR count). The van der Waals surface area contributed by atoms with Crippen molar-refractivity contribution in [1.82, 2.24) is 0 Å². The number of thioether (sulfide) groups is 1. The van der Waals surface area contributed by atoms with Crippen LogP contribution in [0.4, 0.5) is 0 Å². The molecule has 18 heavy (non-hydrogen) atoms. The molecular formula is C14H16O3S. The molecule has 3 nitrogen and oxygen atoms in total. The van der Waals surface area contributed by atoms with Crippen molar-refractivity contribution in [2.75, 3.05) is 7.11 Å². The highest BCUT2D eigenvalue weighted by Gasteiger charge is 2.47. The van der Waals surface area contributed by atoms with E-state index in [-0.39, 0.29) is 18.2 Å². The lowest BCUT2D eigenvalue weighted by Gasteiger charge is -2.24. The van der Waals surface area contributed by atoms with Crippen LogP contribution in [0.2, 0.25) is 0 Å². The van der Waals surface area contributed by atoms with E-state index in [0.29, 0.717) is 6.42 Å². The Balaban J connectivity index is 2.34. The molecule has 1 aromatic rings. The number of methoxy groups -OCH3 is 1. The van der Waals surface area contributed by atoms with Crippen LogP contribution in [-0.4, -0.2) is 23.6 Å². The number of fused-ring (bicyclic) bond motifs is 1. The Labute approximate surface area is 111 Å². The molecule has 1 heterocycles. The van der Waals surface area contributed by atoms with Crippen molar-refractivity contribution in [2.45, 2.75) is 35.8 Å². The summed E-state index contributed by atoms with van der Waals surface area (Å²) in [5, 5.41) is 0. The number of rotatable bonds is 4. The number of ether oxygens (including phenoxy) is 1. The van der Waals surface area contributed by atoms with Crippen LogP contribution >= 0.6 is 11.8 Å². The van der Waals surface area contributed by atoms with Crippen molar-refractivity contribution >= 4 is 23.5 Å². The van der Waals surface area contributed by atoms with Gasteiger partial charge in [-0.1, -0.05) is 31.5 Å². The number of hydrogen-bond donors (Lipinski definition) is 0. The highest BCUT2D eigenvalue weighted by atomic mass is 32.2. The molecule has 1 atom stereocenters. The van der Waals surface area contributed by atoms with Crippen LogP contribution in [0.3, 0.4) is 0 Å². The molecule has 0 saturated heterocycles. The van der Waals surface area contributed by atoms with Gasteiger partial charge >= 0.3 is 5.97 Å². The Kier molecular flexibility index (Phi) is 3.76. The van der Waals surface area contributed by atoms with E-state index < -0.39 is 4.75 Å². The van der Waals surface area contributed by atoms with E-state index in [1.54, 1.807) is 0 Å². The van der Waals surface area contributed by atoms with Crippen LogP contribution in [0.5, 0.6) is 0 Å². The molecule has 0 aromatic heterocycles. The molecule has 96 valence electrons. The average Bonchev–Trinajstić information content (AvgIpc) is 2.64. The van der Waals surface area contributed by atoms with Gasteiger partial charge in [0.05, 0.1) is 18.3 Å². The van der Waals surface area contributed by atoms with Gasteiger partial charge in [-0.3, -0.25) is 9.59 Å². The zero-order valence-corrected chi connectivity index (χ0v) is 11.4. The van der Waals surface area contributed by atoms with Gasteiger partial charge in [0.15, 0.2) is 5.78 Å². The fourth-order valence-corrected chi connectivity index (χ4v) is 3.86. The van der Waals surface area contributed by atoms with Gasteiger partial charge in [0.2, 0.25) is 0 Å². The molecular weight excluding hydrogens is 248 g/mol. The third-order valence-electron chi connectivity index (χ3n) is 3.16. The maximum Gasteiger partial charge on any atom is 0.307 e. The molecule has 0 bridgehead atoms. The second-order valence-corrected chi connectivity index (χ2v) is 5.85.